The molecule has 0 radical (unpaired) electrons. The van der Waals surface area contributed by atoms with E-state index in [0.29, 0.717) is 6.54 Å². The second kappa shape index (κ2) is 8.94. The molecule has 0 bridgehead atoms. The number of carbonyl (C=O) groups excluding carboxylic acids is 1. The average Bonchev–Trinajstić information content (AvgIpc) is 3.49. The van der Waals surface area contributed by atoms with Gasteiger partial charge in [0.15, 0.2) is 0 Å². The summed E-state index contributed by atoms with van der Waals surface area (Å²) in [6, 6.07) is 30.9. The molecule has 0 spiro atoms. The second-order valence-electron chi connectivity index (χ2n) is 7.80. The molecule has 5 rings (SSSR count). The fourth-order valence-electron chi connectivity index (χ4n) is 4.24. The summed E-state index contributed by atoms with van der Waals surface area (Å²) in [7, 11) is 0. The molecule has 0 aliphatic rings. The van der Waals surface area contributed by atoms with E-state index in [4.69, 9.17) is 0 Å². The van der Waals surface area contributed by atoms with Gasteiger partial charge in [0.05, 0.1) is 5.69 Å². The molecule has 5 nitrogen and oxygen atoms in total. The molecule has 2 N–H and O–H groups in total. The summed E-state index contributed by atoms with van der Waals surface area (Å²) in [4.78, 5) is 16.3. The second-order valence-corrected chi connectivity index (χ2v) is 7.80. The van der Waals surface area contributed by atoms with Gasteiger partial charge in [0.1, 0.15) is 6.54 Å². The van der Waals surface area contributed by atoms with Crippen molar-refractivity contribution < 1.29 is 4.79 Å². The maximum atomic E-state index is 12.7. The molecule has 0 aliphatic carbocycles. The Morgan fingerprint density at radius 1 is 0.906 bits per heavy atom. The van der Waals surface area contributed by atoms with E-state index in [1.165, 1.54) is 10.9 Å². The van der Waals surface area contributed by atoms with Crippen molar-refractivity contribution in [3.8, 4) is 11.3 Å². The number of benzene rings is 3. The Hall–Kier alpha value is -4.12. The summed E-state index contributed by atoms with van der Waals surface area (Å²) in [5.41, 5.74) is 5.65. The van der Waals surface area contributed by atoms with E-state index in [9.17, 15) is 4.79 Å². The fraction of sp³-hybridized carbons (Fsp3) is 0.111. The third kappa shape index (κ3) is 4.05. The summed E-state index contributed by atoms with van der Waals surface area (Å²) in [6.45, 7) is 0.694. The summed E-state index contributed by atoms with van der Waals surface area (Å²) >= 11 is 0. The highest BCUT2D eigenvalue weighted by Crippen LogP contribution is 2.38. The van der Waals surface area contributed by atoms with Gasteiger partial charge in [0.2, 0.25) is 5.91 Å². The van der Waals surface area contributed by atoms with Crippen LogP contribution in [0.15, 0.2) is 103 Å². The highest BCUT2D eigenvalue weighted by atomic mass is 16.2. The van der Waals surface area contributed by atoms with Crippen LogP contribution >= 0.6 is 0 Å². The predicted molar refractivity (Wildman–Crippen MR) is 127 cm³/mol. The van der Waals surface area contributed by atoms with E-state index in [1.54, 1.807) is 17.1 Å². The quantitative estimate of drug-likeness (QED) is 0.390. The van der Waals surface area contributed by atoms with Crippen LogP contribution in [0.5, 0.6) is 0 Å². The first-order valence-electron chi connectivity index (χ1n) is 10.7. The number of H-pyrrole nitrogens is 1. The molecule has 32 heavy (non-hydrogen) atoms. The van der Waals surface area contributed by atoms with E-state index < -0.39 is 0 Å². The summed E-state index contributed by atoms with van der Waals surface area (Å²) < 4.78 is 1.63. The molecule has 0 aliphatic heterocycles. The van der Waals surface area contributed by atoms with Gasteiger partial charge in [-0.15, -0.1) is 0 Å². The number of nitrogens with one attached hydrogen (secondary N) is 2. The molecule has 5 aromatic rings. The topological polar surface area (TPSA) is 62.7 Å². The summed E-state index contributed by atoms with van der Waals surface area (Å²) in [6.07, 6.45) is 3.47. The lowest BCUT2D eigenvalue weighted by Gasteiger charge is -2.20. The number of carbonyl (C=O) groups is 1. The zero-order valence-corrected chi connectivity index (χ0v) is 17.6. The number of aromatic amines is 1. The van der Waals surface area contributed by atoms with Gasteiger partial charge < -0.3 is 10.3 Å². The normalized spacial score (nSPS) is 12.0. The highest BCUT2D eigenvalue weighted by molar-refractivity contribution is 5.92. The average molecular weight is 421 g/mol. The van der Waals surface area contributed by atoms with Gasteiger partial charge in [-0.05, 0) is 28.8 Å². The molecule has 1 atom stereocenters. The highest BCUT2D eigenvalue weighted by Gasteiger charge is 2.24. The van der Waals surface area contributed by atoms with Gasteiger partial charge in [0, 0.05) is 35.8 Å². The van der Waals surface area contributed by atoms with Gasteiger partial charge in [-0.3, -0.25) is 9.48 Å². The molecule has 1 amide bonds. The van der Waals surface area contributed by atoms with Crippen molar-refractivity contribution in [2.45, 2.75) is 12.5 Å². The fourth-order valence-corrected chi connectivity index (χ4v) is 4.24. The largest absolute Gasteiger partial charge is 0.354 e. The maximum absolute atomic E-state index is 12.7. The molecule has 2 heterocycles. The Morgan fingerprint density at radius 3 is 2.38 bits per heavy atom. The molecule has 0 saturated heterocycles. The lowest BCUT2D eigenvalue weighted by atomic mass is 9.87. The smallest absolute Gasteiger partial charge is 0.241 e. The van der Waals surface area contributed by atoms with Crippen molar-refractivity contribution in [2.24, 2.45) is 0 Å². The number of para-hydroxylation sites is 1. The number of aromatic nitrogens is 3. The Morgan fingerprint density at radius 2 is 1.62 bits per heavy atom. The van der Waals surface area contributed by atoms with E-state index >= 15 is 0 Å². The van der Waals surface area contributed by atoms with Crippen LogP contribution in [-0.2, 0) is 11.3 Å². The standard InChI is InChI=1S/C27H24N4O/c32-25(19-31-17-9-16-29-31)28-18-23(20-10-3-1-4-11-20)26-22-14-7-8-15-24(22)30-27(26)21-12-5-2-6-13-21/h1-17,23,30H,18-19H2,(H,28,32)/t23-/m1/s1. The number of fused-ring (bicyclic) bond motifs is 1. The van der Waals surface area contributed by atoms with Crippen molar-refractivity contribution >= 4 is 16.8 Å². The van der Waals surface area contributed by atoms with Crippen LogP contribution in [0.2, 0.25) is 0 Å². The van der Waals surface area contributed by atoms with Gasteiger partial charge in [0.25, 0.3) is 0 Å². The number of hydrogen-bond donors (Lipinski definition) is 2. The van der Waals surface area contributed by atoms with Crippen LogP contribution in [0, 0.1) is 0 Å². The molecule has 0 unspecified atom stereocenters. The predicted octanol–water partition coefficient (Wildman–Crippen LogP) is 4.98. The lowest BCUT2D eigenvalue weighted by molar-refractivity contribution is -0.121. The van der Waals surface area contributed by atoms with Crippen molar-refractivity contribution in [3.05, 3.63) is 115 Å². The SMILES string of the molecule is O=C(Cn1cccn1)NC[C@H](c1ccccc1)c1c(-c2ccccc2)[nH]c2ccccc12. The van der Waals surface area contributed by atoms with Gasteiger partial charge in [-0.25, -0.2) is 0 Å². The zero-order chi connectivity index (χ0) is 21.8. The Kier molecular flexibility index (Phi) is 5.54. The van der Waals surface area contributed by atoms with Crippen LogP contribution < -0.4 is 5.32 Å². The monoisotopic (exact) mass is 420 g/mol. The minimum atomic E-state index is -0.0595. The van der Waals surface area contributed by atoms with Gasteiger partial charge in [-0.2, -0.15) is 5.10 Å². The maximum Gasteiger partial charge on any atom is 0.241 e. The van der Waals surface area contributed by atoms with Crippen molar-refractivity contribution in [1.82, 2.24) is 20.1 Å². The molecular formula is C27H24N4O. The third-order valence-electron chi connectivity index (χ3n) is 5.73. The van der Waals surface area contributed by atoms with E-state index in [1.807, 2.05) is 48.5 Å². The van der Waals surface area contributed by atoms with Crippen LogP contribution in [0.1, 0.15) is 17.0 Å². The number of rotatable bonds is 7. The molecule has 5 heteroatoms. The van der Waals surface area contributed by atoms with Crippen molar-refractivity contribution in [1.29, 1.82) is 0 Å². The molecule has 3 aromatic carbocycles. The molecule has 158 valence electrons. The van der Waals surface area contributed by atoms with Crippen LogP contribution in [-0.4, -0.2) is 27.2 Å². The number of hydrogen-bond acceptors (Lipinski definition) is 2. The van der Waals surface area contributed by atoms with Crippen LogP contribution in [0.25, 0.3) is 22.2 Å². The third-order valence-corrected chi connectivity index (χ3v) is 5.73. The first-order valence-corrected chi connectivity index (χ1v) is 10.7. The minimum absolute atomic E-state index is 0.0101. The summed E-state index contributed by atoms with van der Waals surface area (Å²) in [5, 5.41) is 8.44. The molecule has 2 aromatic heterocycles. The molecule has 0 fully saturated rings. The Bertz CT molecular complexity index is 1310. The molecular weight excluding hydrogens is 396 g/mol. The Balaban J connectivity index is 1.56. The van der Waals surface area contributed by atoms with E-state index in [-0.39, 0.29) is 18.4 Å². The van der Waals surface area contributed by atoms with Crippen molar-refractivity contribution in [3.63, 3.8) is 0 Å². The van der Waals surface area contributed by atoms with E-state index in [2.05, 4.69) is 57.9 Å². The van der Waals surface area contributed by atoms with Crippen LogP contribution in [0.4, 0.5) is 0 Å². The van der Waals surface area contributed by atoms with Gasteiger partial charge >= 0.3 is 0 Å². The van der Waals surface area contributed by atoms with Crippen LogP contribution in [0.3, 0.4) is 0 Å². The Labute approximate surface area is 186 Å². The molecule has 0 saturated carbocycles. The van der Waals surface area contributed by atoms with E-state index in [0.717, 1.165) is 22.3 Å². The number of amides is 1. The summed E-state index contributed by atoms with van der Waals surface area (Å²) in [5.74, 6) is -0.0696. The lowest BCUT2D eigenvalue weighted by Crippen LogP contribution is -2.32. The first kappa shape index (κ1) is 19.8. The van der Waals surface area contributed by atoms with Gasteiger partial charge in [-0.1, -0.05) is 78.9 Å². The zero-order valence-electron chi connectivity index (χ0n) is 17.6. The number of nitrogens with zero attached hydrogens (tertiary/aromatic N) is 2. The van der Waals surface area contributed by atoms with Crippen molar-refractivity contribution in [2.75, 3.05) is 6.54 Å². The first-order chi connectivity index (χ1) is 15.8. The minimum Gasteiger partial charge on any atom is -0.354 e.